The van der Waals surface area contributed by atoms with E-state index in [0.717, 1.165) is 22.3 Å². The van der Waals surface area contributed by atoms with Crippen LogP contribution in [0.25, 0.3) is 11.1 Å². The molecule has 2 amide bonds. The van der Waals surface area contributed by atoms with E-state index >= 15 is 0 Å². The Kier molecular flexibility index (Phi) is 6.23. The predicted molar refractivity (Wildman–Crippen MR) is 111 cm³/mol. The molecule has 1 atom stereocenters. The number of carbonyl (C=O) groups is 2. The lowest BCUT2D eigenvalue weighted by Crippen LogP contribution is -2.46. The first-order chi connectivity index (χ1) is 16.2. The SMILES string of the molecule is NC(=O)[C@H](Cc1c(F)c(F)c(F)c(F)c1F)NC(=O)OCC1c2ccccc2-c2ccccc21. The summed E-state index contributed by atoms with van der Waals surface area (Å²) in [5.41, 5.74) is 7.69. The minimum Gasteiger partial charge on any atom is -0.449 e. The summed E-state index contributed by atoms with van der Waals surface area (Å²) >= 11 is 0. The van der Waals surface area contributed by atoms with E-state index < -0.39 is 59.1 Å². The molecule has 10 heteroatoms. The molecule has 1 aliphatic rings. The molecule has 0 heterocycles. The quantitative estimate of drug-likeness (QED) is 0.316. The van der Waals surface area contributed by atoms with Crippen molar-refractivity contribution < 1.29 is 36.3 Å². The number of nitrogens with one attached hydrogen (secondary N) is 1. The van der Waals surface area contributed by atoms with Gasteiger partial charge in [-0.15, -0.1) is 0 Å². The number of carbonyl (C=O) groups excluding carboxylic acids is 2. The summed E-state index contributed by atoms with van der Waals surface area (Å²) in [6, 6.07) is 13.3. The second-order valence-electron chi connectivity index (χ2n) is 7.68. The lowest BCUT2D eigenvalue weighted by Gasteiger charge is -2.19. The van der Waals surface area contributed by atoms with Crippen LogP contribution < -0.4 is 11.1 Å². The molecule has 0 unspecified atom stereocenters. The Labute approximate surface area is 190 Å². The van der Waals surface area contributed by atoms with Gasteiger partial charge in [-0.1, -0.05) is 48.5 Å². The van der Waals surface area contributed by atoms with E-state index in [0.29, 0.717) is 0 Å². The average Bonchev–Trinajstić information content (AvgIpc) is 3.15. The van der Waals surface area contributed by atoms with Crippen LogP contribution >= 0.6 is 0 Å². The van der Waals surface area contributed by atoms with Crippen LogP contribution in [0.1, 0.15) is 22.6 Å². The maximum Gasteiger partial charge on any atom is 0.407 e. The first-order valence-corrected chi connectivity index (χ1v) is 10.1. The zero-order chi connectivity index (χ0) is 24.6. The van der Waals surface area contributed by atoms with Crippen molar-refractivity contribution in [1.82, 2.24) is 5.32 Å². The third-order valence-electron chi connectivity index (χ3n) is 5.69. The third kappa shape index (κ3) is 4.07. The van der Waals surface area contributed by atoms with Gasteiger partial charge in [-0.25, -0.2) is 26.7 Å². The molecule has 176 valence electrons. The van der Waals surface area contributed by atoms with Crippen LogP contribution in [0.3, 0.4) is 0 Å². The molecule has 0 spiro atoms. The van der Waals surface area contributed by atoms with Gasteiger partial charge in [-0.3, -0.25) is 4.79 Å². The zero-order valence-electron chi connectivity index (χ0n) is 17.4. The lowest BCUT2D eigenvalue weighted by atomic mass is 9.98. The van der Waals surface area contributed by atoms with Crippen LogP contribution in [0.5, 0.6) is 0 Å². The molecular weight excluding hydrogens is 459 g/mol. The van der Waals surface area contributed by atoms with Gasteiger partial charge in [0.05, 0.1) is 0 Å². The monoisotopic (exact) mass is 476 g/mol. The lowest BCUT2D eigenvalue weighted by molar-refractivity contribution is -0.119. The van der Waals surface area contributed by atoms with Crippen LogP contribution in [0.4, 0.5) is 26.7 Å². The van der Waals surface area contributed by atoms with Crippen LogP contribution in [-0.2, 0) is 16.0 Å². The summed E-state index contributed by atoms with van der Waals surface area (Å²) < 4.78 is 73.4. The molecular formula is C24H17F5N2O3. The van der Waals surface area contributed by atoms with Gasteiger partial charge in [0.25, 0.3) is 0 Å². The number of alkyl carbamates (subject to hydrolysis) is 1. The Hall–Kier alpha value is -3.95. The van der Waals surface area contributed by atoms with Crippen molar-refractivity contribution in [2.75, 3.05) is 6.61 Å². The number of fused-ring (bicyclic) bond motifs is 3. The van der Waals surface area contributed by atoms with E-state index in [-0.39, 0.29) is 12.5 Å². The van der Waals surface area contributed by atoms with Crippen molar-refractivity contribution in [3.8, 4) is 11.1 Å². The van der Waals surface area contributed by atoms with Crippen molar-refractivity contribution in [2.45, 2.75) is 18.4 Å². The first-order valence-electron chi connectivity index (χ1n) is 10.1. The summed E-state index contributed by atoms with van der Waals surface area (Å²) in [7, 11) is 0. The van der Waals surface area contributed by atoms with Crippen LogP contribution in [0.2, 0.25) is 0 Å². The fourth-order valence-electron chi connectivity index (χ4n) is 4.04. The number of primary amides is 1. The van der Waals surface area contributed by atoms with Gasteiger partial charge in [0.1, 0.15) is 12.6 Å². The molecule has 0 saturated carbocycles. The van der Waals surface area contributed by atoms with Crippen LogP contribution in [0, 0.1) is 29.1 Å². The van der Waals surface area contributed by atoms with Gasteiger partial charge in [0, 0.05) is 17.9 Å². The van der Waals surface area contributed by atoms with E-state index in [1.54, 1.807) is 0 Å². The molecule has 0 aliphatic heterocycles. The van der Waals surface area contributed by atoms with Crippen molar-refractivity contribution >= 4 is 12.0 Å². The number of nitrogens with two attached hydrogens (primary N) is 1. The Morgan fingerprint density at radius 2 is 1.29 bits per heavy atom. The maximum atomic E-state index is 14.0. The summed E-state index contributed by atoms with van der Waals surface area (Å²) in [6.45, 7) is -0.131. The molecule has 3 aromatic carbocycles. The van der Waals surface area contributed by atoms with E-state index in [1.807, 2.05) is 53.8 Å². The third-order valence-corrected chi connectivity index (χ3v) is 5.69. The fraction of sp³-hybridized carbons (Fsp3) is 0.167. The smallest absolute Gasteiger partial charge is 0.407 e. The Morgan fingerprint density at radius 3 is 1.79 bits per heavy atom. The molecule has 34 heavy (non-hydrogen) atoms. The highest BCUT2D eigenvalue weighted by Gasteiger charge is 2.31. The van der Waals surface area contributed by atoms with Gasteiger partial charge >= 0.3 is 6.09 Å². The molecule has 5 nitrogen and oxygen atoms in total. The Balaban J connectivity index is 1.49. The topological polar surface area (TPSA) is 81.4 Å². The van der Waals surface area contributed by atoms with Crippen molar-refractivity contribution in [2.24, 2.45) is 5.73 Å². The van der Waals surface area contributed by atoms with E-state index in [4.69, 9.17) is 10.5 Å². The van der Waals surface area contributed by atoms with E-state index in [9.17, 15) is 31.5 Å². The first kappa shape index (κ1) is 23.2. The molecule has 0 fully saturated rings. The van der Waals surface area contributed by atoms with Gasteiger partial charge in [0.2, 0.25) is 11.7 Å². The molecule has 0 radical (unpaired) electrons. The molecule has 0 saturated heterocycles. The van der Waals surface area contributed by atoms with Gasteiger partial charge in [-0.05, 0) is 22.3 Å². The largest absolute Gasteiger partial charge is 0.449 e. The summed E-state index contributed by atoms with van der Waals surface area (Å²) in [5.74, 6) is -12.5. The number of amides is 2. The summed E-state index contributed by atoms with van der Waals surface area (Å²) in [5, 5.41) is 2.04. The number of rotatable bonds is 6. The normalized spacial score (nSPS) is 13.2. The highest BCUT2D eigenvalue weighted by atomic mass is 19.2. The average molecular weight is 476 g/mol. The number of hydrogen-bond donors (Lipinski definition) is 2. The number of hydrogen-bond acceptors (Lipinski definition) is 3. The summed E-state index contributed by atoms with van der Waals surface area (Å²) in [6.07, 6.45) is -2.21. The molecule has 1 aliphatic carbocycles. The van der Waals surface area contributed by atoms with Crippen LogP contribution in [0.15, 0.2) is 48.5 Å². The van der Waals surface area contributed by atoms with Crippen molar-refractivity contribution in [3.63, 3.8) is 0 Å². The standard InChI is InChI=1S/C24H17F5N2O3/c25-18-15(19(26)21(28)22(29)20(18)27)9-17(23(30)32)31-24(33)34-10-16-13-7-3-1-5-11(13)12-6-2-4-8-14(12)16/h1-8,16-17H,9-10H2,(H2,30,32)(H,31,33)/t17-/m0/s1. The number of benzene rings is 3. The minimum absolute atomic E-state index is 0.131. The van der Waals surface area contributed by atoms with Crippen LogP contribution in [-0.4, -0.2) is 24.6 Å². The van der Waals surface area contributed by atoms with Gasteiger partial charge < -0.3 is 15.8 Å². The Morgan fingerprint density at radius 1 is 0.824 bits per heavy atom. The van der Waals surface area contributed by atoms with Gasteiger partial charge in [0.15, 0.2) is 23.3 Å². The molecule has 3 aromatic rings. The molecule has 4 rings (SSSR count). The second-order valence-corrected chi connectivity index (χ2v) is 7.68. The summed E-state index contributed by atoms with van der Waals surface area (Å²) in [4.78, 5) is 24.1. The van der Waals surface area contributed by atoms with E-state index in [1.165, 1.54) is 0 Å². The second kappa shape index (κ2) is 9.12. The highest BCUT2D eigenvalue weighted by molar-refractivity contribution is 5.84. The predicted octanol–water partition coefficient (Wildman–Crippen LogP) is 4.32. The maximum absolute atomic E-state index is 14.0. The fourth-order valence-corrected chi connectivity index (χ4v) is 4.04. The van der Waals surface area contributed by atoms with Gasteiger partial charge in [-0.2, -0.15) is 0 Å². The van der Waals surface area contributed by atoms with Crippen molar-refractivity contribution in [1.29, 1.82) is 0 Å². The zero-order valence-corrected chi connectivity index (χ0v) is 17.4. The van der Waals surface area contributed by atoms with Crippen molar-refractivity contribution in [3.05, 3.63) is 94.3 Å². The minimum atomic E-state index is -2.33. The van der Waals surface area contributed by atoms with E-state index in [2.05, 4.69) is 0 Å². The molecule has 3 N–H and O–H groups in total. The number of halogens is 5. The number of ether oxygens (including phenoxy) is 1. The highest BCUT2D eigenvalue weighted by Crippen LogP contribution is 2.44. The molecule has 0 bridgehead atoms. The Bertz CT molecular complexity index is 1220. The molecule has 0 aromatic heterocycles.